The summed E-state index contributed by atoms with van der Waals surface area (Å²) in [5.74, 6) is 0.351. The molecule has 12 rings (SSSR count). The molecule has 0 aliphatic heterocycles. The van der Waals surface area contributed by atoms with E-state index in [-0.39, 0.29) is 0 Å². The van der Waals surface area contributed by atoms with E-state index in [1.807, 2.05) is 0 Å². The van der Waals surface area contributed by atoms with Crippen LogP contribution in [0.25, 0.3) is 34.9 Å². The van der Waals surface area contributed by atoms with Crippen LogP contribution >= 0.6 is 0 Å². The molecule has 0 saturated heterocycles. The summed E-state index contributed by atoms with van der Waals surface area (Å²) in [4.78, 5) is 2.38. The minimum absolute atomic E-state index is 0.351. The van der Waals surface area contributed by atoms with E-state index in [2.05, 4.69) is 248 Å². The van der Waals surface area contributed by atoms with E-state index < -0.39 is 0 Å². The summed E-state index contributed by atoms with van der Waals surface area (Å²) >= 11 is 0. The molecule has 0 unspecified atom stereocenters. The topological polar surface area (TPSA) is 3.24 Å². The van der Waals surface area contributed by atoms with Crippen LogP contribution in [0.2, 0.25) is 0 Å². The summed E-state index contributed by atoms with van der Waals surface area (Å²) in [5.41, 5.74) is 26.8. The first-order valence-corrected chi connectivity index (χ1v) is 22.9. The zero-order valence-electron chi connectivity index (χ0n) is 36.5. The lowest BCUT2D eigenvalue weighted by Crippen LogP contribution is -2.11. The molecule has 1 heteroatoms. The third-order valence-corrected chi connectivity index (χ3v) is 13.8. The van der Waals surface area contributed by atoms with E-state index in [0.29, 0.717) is 5.92 Å². The number of rotatable bonds is 6. The van der Waals surface area contributed by atoms with Crippen LogP contribution in [-0.4, -0.2) is 0 Å². The largest absolute Gasteiger partial charge is 0.311 e. The van der Waals surface area contributed by atoms with Crippen molar-refractivity contribution in [1.29, 1.82) is 0 Å². The van der Waals surface area contributed by atoms with Gasteiger partial charge in [-0.15, -0.1) is 0 Å². The van der Waals surface area contributed by atoms with E-state index in [9.17, 15) is 0 Å². The molecule has 0 radical (unpaired) electrons. The van der Waals surface area contributed by atoms with Gasteiger partial charge in [0.05, 0.1) is 0 Å². The van der Waals surface area contributed by atoms with Crippen LogP contribution < -0.4 is 4.90 Å². The van der Waals surface area contributed by atoms with E-state index in [4.69, 9.17) is 0 Å². The quantitative estimate of drug-likeness (QED) is 0.161. The molecule has 3 aliphatic rings. The number of benzene rings is 9. The molecule has 0 fully saturated rings. The van der Waals surface area contributed by atoms with Gasteiger partial charge in [0.1, 0.15) is 0 Å². The Morgan fingerprint density at radius 1 is 0.308 bits per heavy atom. The SMILES string of the molecule is CC1c2ccccc2C(=Cc2ccc(N(c3ccc(C=C4c5ccccc5Cc5ccccc54)cc3)c3ccc(C=C4c5ccccc5Cc5ccccc54)cc3)cc2)c2ccccc21. The van der Waals surface area contributed by atoms with Crippen LogP contribution in [0.3, 0.4) is 0 Å². The second-order valence-electron chi connectivity index (χ2n) is 17.7. The molecule has 0 spiro atoms. The average Bonchev–Trinajstić information content (AvgIpc) is 3.36. The normalized spacial score (nSPS) is 14.2. The highest BCUT2D eigenvalue weighted by atomic mass is 15.1. The third-order valence-electron chi connectivity index (χ3n) is 13.8. The first-order valence-electron chi connectivity index (χ1n) is 22.9. The summed E-state index contributed by atoms with van der Waals surface area (Å²) in [5, 5.41) is 0. The average molecular weight is 830 g/mol. The summed E-state index contributed by atoms with van der Waals surface area (Å²) in [7, 11) is 0. The number of nitrogens with zero attached hydrogens (tertiary/aromatic N) is 1. The van der Waals surface area contributed by atoms with Crippen LogP contribution in [0.1, 0.15) is 96.3 Å². The molecule has 0 atom stereocenters. The zero-order chi connectivity index (χ0) is 43.3. The van der Waals surface area contributed by atoms with Crippen LogP contribution in [0.5, 0.6) is 0 Å². The van der Waals surface area contributed by atoms with Crippen molar-refractivity contribution >= 4 is 52.0 Å². The van der Waals surface area contributed by atoms with Crippen molar-refractivity contribution in [1.82, 2.24) is 0 Å². The van der Waals surface area contributed by atoms with Crippen LogP contribution in [0.15, 0.2) is 218 Å². The molecule has 0 aromatic heterocycles. The predicted molar refractivity (Wildman–Crippen MR) is 274 cm³/mol. The maximum absolute atomic E-state index is 2.38. The van der Waals surface area contributed by atoms with Crippen molar-refractivity contribution in [2.24, 2.45) is 0 Å². The lowest BCUT2D eigenvalue weighted by atomic mass is 9.76. The summed E-state index contributed by atoms with van der Waals surface area (Å²) in [6.45, 7) is 2.33. The van der Waals surface area contributed by atoms with Gasteiger partial charge in [0.25, 0.3) is 0 Å². The molecule has 9 aromatic rings. The zero-order valence-corrected chi connectivity index (χ0v) is 36.5. The molecule has 1 nitrogen and oxygen atoms in total. The number of anilines is 3. The van der Waals surface area contributed by atoms with Gasteiger partial charge in [0.2, 0.25) is 0 Å². The van der Waals surface area contributed by atoms with Gasteiger partial charge < -0.3 is 4.90 Å². The highest BCUT2D eigenvalue weighted by molar-refractivity contribution is 5.98. The van der Waals surface area contributed by atoms with Gasteiger partial charge in [0, 0.05) is 23.0 Å². The van der Waals surface area contributed by atoms with E-state index in [1.165, 1.54) is 100 Å². The fraction of sp³-hybridized carbons (Fsp3) is 0.0625. The highest BCUT2D eigenvalue weighted by Gasteiger charge is 2.26. The molecule has 0 heterocycles. The molecule has 9 aromatic carbocycles. The Kier molecular flexibility index (Phi) is 9.68. The van der Waals surface area contributed by atoms with E-state index in [1.54, 1.807) is 0 Å². The fourth-order valence-electron chi connectivity index (χ4n) is 10.6. The molecular formula is C64H47N. The summed E-state index contributed by atoms with van der Waals surface area (Å²) < 4.78 is 0. The van der Waals surface area contributed by atoms with E-state index >= 15 is 0 Å². The van der Waals surface area contributed by atoms with Crippen molar-refractivity contribution in [3.05, 3.63) is 302 Å². The number of hydrogen-bond acceptors (Lipinski definition) is 1. The van der Waals surface area contributed by atoms with Crippen molar-refractivity contribution in [2.75, 3.05) is 4.90 Å². The Morgan fingerprint density at radius 3 is 0.892 bits per heavy atom. The van der Waals surface area contributed by atoms with Crippen molar-refractivity contribution in [2.45, 2.75) is 25.7 Å². The first kappa shape index (κ1) is 38.7. The van der Waals surface area contributed by atoms with Gasteiger partial charge in [-0.05, 0) is 168 Å². The van der Waals surface area contributed by atoms with Crippen molar-refractivity contribution < 1.29 is 0 Å². The van der Waals surface area contributed by atoms with Gasteiger partial charge >= 0.3 is 0 Å². The van der Waals surface area contributed by atoms with E-state index in [0.717, 1.165) is 29.9 Å². The minimum atomic E-state index is 0.351. The van der Waals surface area contributed by atoms with Crippen LogP contribution in [0, 0.1) is 0 Å². The molecule has 0 amide bonds. The summed E-state index contributed by atoms with van der Waals surface area (Å²) in [6.07, 6.45) is 9.01. The molecule has 0 bridgehead atoms. The Morgan fingerprint density at radius 2 is 0.569 bits per heavy atom. The van der Waals surface area contributed by atoms with Gasteiger partial charge in [-0.2, -0.15) is 0 Å². The molecule has 0 saturated carbocycles. The Balaban J connectivity index is 0.933. The fourth-order valence-corrected chi connectivity index (χ4v) is 10.6. The highest BCUT2D eigenvalue weighted by Crippen LogP contribution is 2.44. The Labute approximate surface area is 382 Å². The molecule has 65 heavy (non-hydrogen) atoms. The number of hydrogen-bond donors (Lipinski definition) is 0. The molecule has 308 valence electrons. The molecule has 3 aliphatic carbocycles. The van der Waals surface area contributed by atoms with Crippen molar-refractivity contribution in [3.8, 4) is 0 Å². The monoisotopic (exact) mass is 829 g/mol. The maximum Gasteiger partial charge on any atom is 0.0462 e. The lowest BCUT2D eigenvalue weighted by Gasteiger charge is -2.28. The number of fused-ring (bicyclic) bond motifs is 6. The van der Waals surface area contributed by atoms with Gasteiger partial charge in [-0.1, -0.05) is 189 Å². The van der Waals surface area contributed by atoms with Crippen LogP contribution in [-0.2, 0) is 12.8 Å². The maximum atomic E-state index is 2.38. The third kappa shape index (κ3) is 7.07. The van der Waals surface area contributed by atoms with Gasteiger partial charge in [-0.3, -0.25) is 0 Å². The van der Waals surface area contributed by atoms with Gasteiger partial charge in [-0.25, -0.2) is 0 Å². The smallest absolute Gasteiger partial charge is 0.0462 e. The molecular weight excluding hydrogens is 783 g/mol. The van der Waals surface area contributed by atoms with Crippen molar-refractivity contribution in [3.63, 3.8) is 0 Å². The minimum Gasteiger partial charge on any atom is -0.311 e. The Bertz CT molecular complexity index is 3060. The predicted octanol–water partition coefficient (Wildman–Crippen LogP) is 16.2. The first-order chi connectivity index (χ1) is 32.1. The second-order valence-corrected chi connectivity index (χ2v) is 17.7. The Hall–Kier alpha value is -8.00. The summed E-state index contributed by atoms with van der Waals surface area (Å²) in [6, 6.07) is 80.4. The van der Waals surface area contributed by atoms with Crippen LogP contribution in [0.4, 0.5) is 17.1 Å². The molecule has 0 N–H and O–H groups in total. The van der Waals surface area contributed by atoms with Gasteiger partial charge in [0.15, 0.2) is 0 Å². The standard InChI is InChI=1S/C64H47N/c1-43-54-18-10-12-24-60(54)64(61-25-13-11-19-55(43)61)40-46-30-36-53(37-31-46)65(51-32-26-44(27-33-51)38-62-56-20-6-2-14-47(56)41-48-15-3-7-21-57(48)62)52-34-28-45(29-35-52)39-63-58-22-8-4-16-49(58)42-50-17-5-9-23-59(50)63/h2-40,43H,41-42H2,1H3. The lowest BCUT2D eigenvalue weighted by molar-refractivity contribution is 0.900. The second kappa shape index (κ2) is 16.3.